The molecule has 1 aliphatic heterocycles. The highest BCUT2D eigenvalue weighted by Gasteiger charge is 2.59. The number of carbonyl (C=O) groups excluding carboxylic acids is 2. The van der Waals surface area contributed by atoms with Gasteiger partial charge in [-0.25, -0.2) is 0 Å². The summed E-state index contributed by atoms with van der Waals surface area (Å²) in [5, 5.41) is 3.23. The molecule has 2 amide bonds. The molecule has 1 saturated heterocycles. The standard InChI is InChI=1S/C18H20N2O2/c1-10-5-11(2)7-14(6-10)19-9-20-17(21)15-12-3-4-13(8-12)16(15)18(20)22/h3-7,12-13,15-16,19H,8-9H2,1-2H3/t12-,13-,15-,16+/m0/s1. The highest BCUT2D eigenvalue weighted by atomic mass is 16.2. The van der Waals surface area contributed by atoms with Crippen LogP contribution in [0.3, 0.4) is 0 Å². The van der Waals surface area contributed by atoms with Crippen LogP contribution in [0.1, 0.15) is 17.5 Å². The molecule has 0 radical (unpaired) electrons. The van der Waals surface area contributed by atoms with Gasteiger partial charge in [-0.3, -0.25) is 14.5 Å². The zero-order valence-corrected chi connectivity index (χ0v) is 12.9. The molecular formula is C18H20N2O2. The average Bonchev–Trinajstić information content (AvgIpc) is 3.11. The topological polar surface area (TPSA) is 49.4 Å². The van der Waals surface area contributed by atoms with Gasteiger partial charge in [0.1, 0.15) is 0 Å². The van der Waals surface area contributed by atoms with E-state index in [4.69, 9.17) is 0 Å². The largest absolute Gasteiger partial charge is 0.367 e. The molecule has 2 bridgehead atoms. The summed E-state index contributed by atoms with van der Waals surface area (Å²) in [7, 11) is 0. The predicted molar refractivity (Wildman–Crippen MR) is 84.0 cm³/mol. The number of hydrogen-bond acceptors (Lipinski definition) is 3. The Hall–Kier alpha value is -2.10. The van der Waals surface area contributed by atoms with Crippen LogP contribution in [0.5, 0.6) is 0 Å². The molecule has 0 spiro atoms. The van der Waals surface area contributed by atoms with E-state index in [1.165, 1.54) is 16.0 Å². The lowest BCUT2D eigenvalue weighted by atomic mass is 9.85. The molecular weight excluding hydrogens is 276 g/mol. The van der Waals surface area contributed by atoms with Gasteiger partial charge in [0.2, 0.25) is 11.8 Å². The number of rotatable bonds is 3. The summed E-state index contributed by atoms with van der Waals surface area (Å²) in [6.07, 6.45) is 5.22. The third-order valence-corrected chi connectivity index (χ3v) is 5.22. The third kappa shape index (κ3) is 1.90. The molecule has 2 aliphatic carbocycles. The van der Waals surface area contributed by atoms with Gasteiger partial charge in [-0.15, -0.1) is 0 Å². The molecule has 114 valence electrons. The first-order chi connectivity index (χ1) is 10.5. The summed E-state index contributed by atoms with van der Waals surface area (Å²) < 4.78 is 0. The number of nitrogens with one attached hydrogen (secondary N) is 1. The molecule has 4 heteroatoms. The smallest absolute Gasteiger partial charge is 0.235 e. The van der Waals surface area contributed by atoms with Gasteiger partial charge in [-0.05, 0) is 55.4 Å². The van der Waals surface area contributed by atoms with E-state index in [2.05, 4.69) is 23.5 Å². The van der Waals surface area contributed by atoms with Crippen molar-refractivity contribution in [1.82, 2.24) is 4.90 Å². The normalized spacial score (nSPS) is 32.0. The Bertz CT molecular complexity index is 644. The molecule has 2 fully saturated rings. The lowest BCUT2D eigenvalue weighted by molar-refractivity contribution is -0.140. The number of benzene rings is 1. The molecule has 4 rings (SSSR count). The Morgan fingerprint density at radius 1 is 1.00 bits per heavy atom. The Morgan fingerprint density at radius 3 is 2.09 bits per heavy atom. The number of aryl methyl sites for hydroxylation is 2. The maximum atomic E-state index is 12.6. The number of nitrogens with zero attached hydrogens (tertiary/aromatic N) is 1. The van der Waals surface area contributed by atoms with Crippen LogP contribution in [0.25, 0.3) is 0 Å². The molecule has 0 aromatic heterocycles. The van der Waals surface area contributed by atoms with Crippen molar-refractivity contribution < 1.29 is 9.59 Å². The molecule has 0 unspecified atom stereocenters. The van der Waals surface area contributed by atoms with E-state index in [0.29, 0.717) is 0 Å². The van der Waals surface area contributed by atoms with Crippen LogP contribution >= 0.6 is 0 Å². The Balaban J connectivity index is 1.50. The number of allylic oxidation sites excluding steroid dienone is 2. The minimum absolute atomic E-state index is 0.00345. The fourth-order valence-electron chi connectivity index (χ4n) is 4.37. The SMILES string of the molecule is Cc1cc(C)cc(NCN2C(=O)[C@@H]3[C@H](C2=O)[C@H]2C=C[C@H]3C2)c1. The number of carbonyl (C=O) groups is 2. The first-order valence-electron chi connectivity index (χ1n) is 7.90. The van der Waals surface area contributed by atoms with Crippen LogP contribution in [0.4, 0.5) is 5.69 Å². The lowest BCUT2D eigenvalue weighted by Gasteiger charge is -2.19. The van der Waals surface area contributed by atoms with Crippen molar-refractivity contribution in [2.45, 2.75) is 20.3 Å². The van der Waals surface area contributed by atoms with Crippen molar-refractivity contribution in [2.75, 3.05) is 12.0 Å². The number of likely N-dealkylation sites (tertiary alicyclic amines) is 1. The molecule has 1 saturated carbocycles. The van der Waals surface area contributed by atoms with Gasteiger partial charge in [-0.1, -0.05) is 18.2 Å². The number of hydrogen-bond donors (Lipinski definition) is 1. The highest BCUT2D eigenvalue weighted by Crippen LogP contribution is 2.52. The zero-order chi connectivity index (χ0) is 15.4. The van der Waals surface area contributed by atoms with Gasteiger partial charge in [-0.2, -0.15) is 0 Å². The van der Waals surface area contributed by atoms with E-state index in [0.717, 1.165) is 12.1 Å². The van der Waals surface area contributed by atoms with Gasteiger partial charge in [0.15, 0.2) is 0 Å². The molecule has 1 aromatic rings. The van der Waals surface area contributed by atoms with Crippen LogP contribution < -0.4 is 5.32 Å². The summed E-state index contributed by atoms with van der Waals surface area (Å²) >= 11 is 0. The zero-order valence-electron chi connectivity index (χ0n) is 12.9. The Labute approximate surface area is 130 Å². The van der Waals surface area contributed by atoms with Gasteiger partial charge >= 0.3 is 0 Å². The minimum Gasteiger partial charge on any atom is -0.367 e. The highest BCUT2D eigenvalue weighted by molar-refractivity contribution is 6.06. The van der Waals surface area contributed by atoms with E-state index in [1.54, 1.807) is 0 Å². The summed E-state index contributed by atoms with van der Waals surface area (Å²) in [6.45, 7) is 4.35. The quantitative estimate of drug-likeness (QED) is 0.688. The molecule has 4 atom stereocenters. The van der Waals surface area contributed by atoms with Gasteiger partial charge in [0.25, 0.3) is 0 Å². The summed E-state index contributed by atoms with van der Waals surface area (Å²) in [5.74, 6) is 0.342. The minimum atomic E-state index is -0.108. The van der Waals surface area contributed by atoms with Gasteiger partial charge < -0.3 is 5.32 Å². The lowest BCUT2D eigenvalue weighted by Crippen LogP contribution is -2.37. The van der Waals surface area contributed by atoms with Crippen molar-refractivity contribution in [1.29, 1.82) is 0 Å². The summed E-state index contributed by atoms with van der Waals surface area (Å²) in [5.41, 5.74) is 3.29. The first kappa shape index (κ1) is 13.6. The third-order valence-electron chi connectivity index (χ3n) is 5.22. The second kappa shape index (κ2) is 4.70. The van der Waals surface area contributed by atoms with E-state index in [9.17, 15) is 9.59 Å². The van der Waals surface area contributed by atoms with E-state index < -0.39 is 0 Å². The number of amides is 2. The Morgan fingerprint density at radius 2 is 1.55 bits per heavy atom. The van der Waals surface area contributed by atoms with E-state index in [1.807, 2.05) is 26.0 Å². The van der Waals surface area contributed by atoms with Crippen molar-refractivity contribution in [3.8, 4) is 0 Å². The number of imide groups is 1. The summed E-state index contributed by atoms with van der Waals surface area (Å²) in [4.78, 5) is 26.6. The van der Waals surface area contributed by atoms with E-state index in [-0.39, 0.29) is 42.2 Å². The second-order valence-electron chi connectivity index (χ2n) is 6.82. The van der Waals surface area contributed by atoms with Crippen molar-refractivity contribution in [3.63, 3.8) is 0 Å². The molecule has 3 aliphatic rings. The fourth-order valence-corrected chi connectivity index (χ4v) is 4.37. The van der Waals surface area contributed by atoms with Gasteiger partial charge in [0.05, 0.1) is 18.5 Å². The van der Waals surface area contributed by atoms with Crippen molar-refractivity contribution >= 4 is 17.5 Å². The van der Waals surface area contributed by atoms with Crippen LogP contribution in [-0.2, 0) is 9.59 Å². The summed E-state index contributed by atoms with van der Waals surface area (Å²) in [6, 6.07) is 6.17. The second-order valence-corrected chi connectivity index (χ2v) is 6.82. The molecule has 1 N–H and O–H groups in total. The first-order valence-corrected chi connectivity index (χ1v) is 7.90. The maximum absolute atomic E-state index is 12.6. The van der Waals surface area contributed by atoms with Crippen LogP contribution in [0, 0.1) is 37.5 Å². The van der Waals surface area contributed by atoms with E-state index >= 15 is 0 Å². The Kier molecular flexibility index (Phi) is 2.90. The van der Waals surface area contributed by atoms with Crippen molar-refractivity contribution in [3.05, 3.63) is 41.5 Å². The monoisotopic (exact) mass is 296 g/mol. The molecule has 4 nitrogen and oxygen atoms in total. The molecule has 22 heavy (non-hydrogen) atoms. The number of fused-ring (bicyclic) bond motifs is 5. The van der Waals surface area contributed by atoms with Gasteiger partial charge in [0, 0.05) is 5.69 Å². The predicted octanol–water partition coefficient (Wildman–Crippen LogP) is 2.48. The fraction of sp³-hybridized carbons (Fsp3) is 0.444. The molecule has 1 heterocycles. The van der Waals surface area contributed by atoms with Crippen LogP contribution in [0.2, 0.25) is 0 Å². The average molecular weight is 296 g/mol. The molecule has 1 aromatic carbocycles. The van der Waals surface area contributed by atoms with Crippen LogP contribution in [0.15, 0.2) is 30.4 Å². The van der Waals surface area contributed by atoms with Crippen LogP contribution in [-0.4, -0.2) is 23.4 Å². The maximum Gasteiger partial charge on any atom is 0.235 e. The van der Waals surface area contributed by atoms with Crippen molar-refractivity contribution in [2.24, 2.45) is 23.7 Å². The number of anilines is 1.